The minimum Gasteiger partial charge on any atom is -0.444 e. The maximum absolute atomic E-state index is 12.0. The predicted molar refractivity (Wildman–Crippen MR) is 112 cm³/mol. The molecule has 170 valence electrons. The molecule has 0 fully saturated rings. The highest BCUT2D eigenvalue weighted by Gasteiger charge is 2.41. The zero-order chi connectivity index (χ0) is 23.5. The van der Waals surface area contributed by atoms with Crippen LogP contribution in [0.4, 0.5) is 16.4 Å². The van der Waals surface area contributed by atoms with Gasteiger partial charge in [-0.2, -0.15) is 0 Å². The van der Waals surface area contributed by atoms with Gasteiger partial charge in [0.1, 0.15) is 22.9 Å². The van der Waals surface area contributed by atoms with Crippen LogP contribution in [0.1, 0.15) is 41.5 Å². The molecule has 1 amide bonds. The van der Waals surface area contributed by atoms with Gasteiger partial charge in [0, 0.05) is 6.54 Å². The summed E-state index contributed by atoms with van der Waals surface area (Å²) in [6.07, 6.45) is -1.37. The number of alkyl carbamates (subject to hydrolysis) is 1. The molecule has 0 aliphatic heterocycles. The van der Waals surface area contributed by atoms with Crippen LogP contribution in [0.2, 0.25) is 18.1 Å². The van der Waals surface area contributed by atoms with Crippen molar-refractivity contribution in [3.63, 3.8) is 0 Å². The second kappa shape index (κ2) is 9.08. The Bertz CT molecular complexity index is 795. The van der Waals surface area contributed by atoms with Crippen molar-refractivity contribution in [3.05, 3.63) is 26.3 Å². The average molecular weight is 446 g/mol. The molecule has 0 aromatic carbocycles. The van der Waals surface area contributed by atoms with E-state index < -0.39 is 47.6 Å². The molecule has 0 spiro atoms. The number of nitro groups is 2. The van der Waals surface area contributed by atoms with E-state index in [0.29, 0.717) is 0 Å². The molecular weight excluding hydrogens is 414 g/mol. The van der Waals surface area contributed by atoms with Gasteiger partial charge in [-0.15, -0.1) is 0 Å². The number of carbonyl (C=O) groups excluding carboxylic acids is 1. The lowest BCUT2D eigenvalue weighted by Gasteiger charge is -2.38. The summed E-state index contributed by atoms with van der Waals surface area (Å²) >= 11 is 0. The minimum absolute atomic E-state index is 0.00770. The Morgan fingerprint density at radius 3 is 2.20 bits per heavy atom. The number of ether oxygens (including phenoxy) is 1. The second-order valence-corrected chi connectivity index (χ2v) is 14.2. The highest BCUT2D eigenvalue weighted by molar-refractivity contribution is 6.74. The van der Waals surface area contributed by atoms with Crippen molar-refractivity contribution in [1.82, 2.24) is 15.1 Å². The van der Waals surface area contributed by atoms with E-state index in [9.17, 15) is 25.0 Å². The monoisotopic (exact) mass is 445 g/mol. The Balaban J connectivity index is 3.13. The Kier molecular flexibility index (Phi) is 7.72. The van der Waals surface area contributed by atoms with Crippen LogP contribution >= 0.6 is 0 Å². The summed E-state index contributed by atoms with van der Waals surface area (Å²) in [6.45, 7) is 15.1. The summed E-state index contributed by atoms with van der Waals surface area (Å²) in [5.41, 5.74) is -0.693. The zero-order valence-corrected chi connectivity index (χ0v) is 19.7. The lowest BCUT2D eigenvalue weighted by atomic mass is 10.2. The molecule has 13 heteroatoms. The molecule has 1 rings (SSSR count). The van der Waals surface area contributed by atoms with Gasteiger partial charge in [0.2, 0.25) is 0 Å². The Labute approximate surface area is 176 Å². The Morgan fingerprint density at radius 2 is 1.77 bits per heavy atom. The van der Waals surface area contributed by atoms with Crippen molar-refractivity contribution >= 4 is 26.0 Å². The first-order chi connectivity index (χ1) is 13.4. The first-order valence-corrected chi connectivity index (χ1v) is 12.3. The first kappa shape index (κ1) is 25.5. The predicted octanol–water partition coefficient (Wildman–Crippen LogP) is 3.61. The molecule has 0 saturated carbocycles. The highest BCUT2D eigenvalue weighted by Crippen LogP contribution is 2.37. The molecule has 0 saturated heterocycles. The van der Waals surface area contributed by atoms with Crippen LogP contribution in [0.15, 0.2) is 6.07 Å². The van der Waals surface area contributed by atoms with Crippen LogP contribution < -0.4 is 5.32 Å². The van der Waals surface area contributed by atoms with Crippen molar-refractivity contribution in [1.29, 1.82) is 0 Å². The smallest absolute Gasteiger partial charge is 0.420 e. The third kappa shape index (κ3) is 7.37. The quantitative estimate of drug-likeness (QED) is 0.362. The Morgan fingerprint density at radius 1 is 1.20 bits per heavy atom. The number of amides is 1. The van der Waals surface area contributed by atoms with Crippen molar-refractivity contribution in [2.24, 2.45) is 0 Å². The molecule has 30 heavy (non-hydrogen) atoms. The van der Waals surface area contributed by atoms with Crippen molar-refractivity contribution < 1.29 is 23.8 Å². The van der Waals surface area contributed by atoms with Gasteiger partial charge < -0.3 is 34.7 Å². The molecule has 1 atom stereocenters. The Hall–Kier alpha value is -2.54. The molecule has 0 aliphatic carbocycles. The zero-order valence-electron chi connectivity index (χ0n) is 18.7. The summed E-state index contributed by atoms with van der Waals surface area (Å²) in [5.74, 6) is -1.16. The van der Waals surface area contributed by atoms with Crippen LogP contribution in [-0.4, -0.2) is 52.3 Å². The van der Waals surface area contributed by atoms with Crippen molar-refractivity contribution in [2.75, 3.05) is 6.54 Å². The fourth-order valence-corrected chi connectivity index (χ4v) is 3.55. The van der Waals surface area contributed by atoms with Crippen LogP contribution in [0.25, 0.3) is 0 Å². The van der Waals surface area contributed by atoms with Crippen LogP contribution in [0, 0.1) is 20.2 Å². The lowest BCUT2D eigenvalue weighted by molar-refractivity contribution is -0.395. The maximum atomic E-state index is 12.0. The second-order valence-electron chi connectivity index (χ2n) is 9.44. The van der Waals surface area contributed by atoms with E-state index in [-0.39, 0.29) is 18.1 Å². The number of carbonyl (C=O) groups is 1. The van der Waals surface area contributed by atoms with E-state index in [1.54, 1.807) is 20.8 Å². The van der Waals surface area contributed by atoms with Crippen LogP contribution in [0.3, 0.4) is 0 Å². The van der Waals surface area contributed by atoms with Gasteiger partial charge in [-0.1, -0.05) is 20.8 Å². The molecule has 1 heterocycles. The molecule has 0 aliphatic rings. The third-order valence-electron chi connectivity index (χ3n) is 4.64. The summed E-state index contributed by atoms with van der Waals surface area (Å²) in [6, 6.07) is 0.796. The van der Waals surface area contributed by atoms with Gasteiger partial charge in [-0.3, -0.25) is 0 Å². The van der Waals surface area contributed by atoms with Gasteiger partial charge >= 0.3 is 17.7 Å². The minimum atomic E-state index is -2.34. The number of rotatable bonds is 8. The maximum Gasteiger partial charge on any atom is 0.420 e. The van der Waals surface area contributed by atoms with E-state index >= 15 is 0 Å². The fourth-order valence-electron chi connectivity index (χ4n) is 2.21. The SMILES string of the molecule is CC(C)(C)OC(=O)NCC(Cn1nc([N+](=O)[O-])cc1[N+](=O)[O-])O[Si](C)(C)C(C)(C)C. The number of nitrogens with one attached hydrogen (secondary N) is 1. The highest BCUT2D eigenvalue weighted by atomic mass is 28.4. The molecule has 1 aromatic rings. The topological polar surface area (TPSA) is 152 Å². The van der Waals surface area contributed by atoms with E-state index in [1.165, 1.54) is 0 Å². The van der Waals surface area contributed by atoms with E-state index in [1.807, 2.05) is 33.9 Å². The van der Waals surface area contributed by atoms with Gasteiger partial charge in [0.25, 0.3) is 0 Å². The molecule has 1 N–H and O–H groups in total. The summed E-state index contributed by atoms with van der Waals surface area (Å²) in [5, 5.41) is 28.5. The normalized spacial score (nSPS) is 13.6. The third-order valence-corrected chi connectivity index (χ3v) is 9.17. The molecule has 12 nitrogen and oxygen atoms in total. The summed E-state index contributed by atoms with van der Waals surface area (Å²) in [4.78, 5) is 32.8. The number of hydrogen-bond donors (Lipinski definition) is 1. The standard InChI is InChI=1S/C17H31N5O7Si/c1-16(2,3)28-15(23)18-10-12(29-30(7,8)17(4,5)6)11-20-14(22(26)27)9-13(19-20)21(24)25/h9,12H,10-11H2,1-8H3,(H,18,23). The largest absolute Gasteiger partial charge is 0.444 e. The molecule has 1 aromatic heterocycles. The van der Waals surface area contributed by atoms with Crippen LogP contribution in [-0.2, 0) is 15.7 Å². The first-order valence-electron chi connectivity index (χ1n) is 9.44. The van der Waals surface area contributed by atoms with Gasteiger partial charge in [-0.25, -0.2) is 4.79 Å². The number of hydrogen-bond acceptors (Lipinski definition) is 8. The number of aromatic nitrogens is 2. The van der Waals surface area contributed by atoms with Gasteiger partial charge in [0.15, 0.2) is 14.9 Å². The summed E-state index contributed by atoms with van der Waals surface area (Å²) in [7, 11) is -2.34. The molecular formula is C17H31N5O7Si. The molecule has 1 unspecified atom stereocenters. The van der Waals surface area contributed by atoms with E-state index in [2.05, 4.69) is 10.4 Å². The van der Waals surface area contributed by atoms with E-state index in [4.69, 9.17) is 9.16 Å². The number of nitrogens with zero attached hydrogens (tertiary/aromatic N) is 4. The molecule has 0 radical (unpaired) electrons. The summed E-state index contributed by atoms with van der Waals surface area (Å²) < 4.78 is 12.4. The molecule has 0 bridgehead atoms. The van der Waals surface area contributed by atoms with E-state index in [0.717, 1.165) is 10.7 Å². The average Bonchev–Trinajstić information content (AvgIpc) is 2.94. The fraction of sp³-hybridized carbons (Fsp3) is 0.765. The van der Waals surface area contributed by atoms with Gasteiger partial charge in [-0.05, 0) is 53.4 Å². The van der Waals surface area contributed by atoms with Crippen molar-refractivity contribution in [3.8, 4) is 0 Å². The van der Waals surface area contributed by atoms with Crippen LogP contribution in [0.5, 0.6) is 0 Å². The lowest BCUT2D eigenvalue weighted by Crippen LogP contribution is -2.48. The van der Waals surface area contributed by atoms with Crippen molar-refractivity contribution in [2.45, 2.75) is 77.9 Å². The van der Waals surface area contributed by atoms with Gasteiger partial charge in [0.05, 0.1) is 0 Å².